The molecular weight excluding hydrogens is 256 g/mol. The number of rotatable bonds is 3. The fraction of sp³-hybridized carbons (Fsp3) is 0.368. The van der Waals surface area contributed by atoms with Crippen LogP contribution in [0.4, 0.5) is 0 Å². The van der Waals surface area contributed by atoms with Crippen molar-refractivity contribution in [2.45, 2.75) is 45.1 Å². The molecule has 0 aliphatic heterocycles. The van der Waals surface area contributed by atoms with Crippen molar-refractivity contribution in [3.8, 4) is 0 Å². The summed E-state index contributed by atoms with van der Waals surface area (Å²) in [6.45, 7) is 4.32. The number of hydrazine groups is 1. The number of hydrogen-bond acceptors (Lipinski definition) is 2. The van der Waals surface area contributed by atoms with Gasteiger partial charge in [-0.2, -0.15) is 0 Å². The lowest BCUT2D eigenvalue weighted by Crippen LogP contribution is -2.34. The maximum absolute atomic E-state index is 5.95. The number of nitrogens with one attached hydrogen (secondary N) is 1. The van der Waals surface area contributed by atoms with E-state index in [-0.39, 0.29) is 6.04 Å². The molecule has 0 fully saturated rings. The number of hydrogen-bond donors (Lipinski definition) is 2. The SMILES string of the molecule is Cc1ccc(C(NN)C2CCCc3ccccc32)c(C)c1. The normalized spacial score (nSPS) is 19.1. The molecule has 2 aromatic carbocycles. The third-order valence-electron chi connectivity index (χ3n) is 4.76. The number of benzene rings is 2. The summed E-state index contributed by atoms with van der Waals surface area (Å²) in [5.41, 5.74) is 9.98. The van der Waals surface area contributed by atoms with Gasteiger partial charge in [0.1, 0.15) is 0 Å². The standard InChI is InChI=1S/C19H24N2/c1-13-10-11-16(14(2)12-13)19(21-20)18-9-5-7-15-6-3-4-8-17(15)18/h3-4,6,8,10-12,18-19,21H,5,7,9,20H2,1-2H3. The molecule has 0 aromatic heterocycles. The molecule has 2 aromatic rings. The van der Waals surface area contributed by atoms with Crippen molar-refractivity contribution in [2.75, 3.05) is 0 Å². The topological polar surface area (TPSA) is 38.0 Å². The van der Waals surface area contributed by atoms with Gasteiger partial charge in [0.05, 0.1) is 6.04 Å². The van der Waals surface area contributed by atoms with E-state index in [2.05, 4.69) is 61.7 Å². The van der Waals surface area contributed by atoms with Crippen LogP contribution in [0.25, 0.3) is 0 Å². The van der Waals surface area contributed by atoms with Crippen molar-refractivity contribution >= 4 is 0 Å². The minimum Gasteiger partial charge on any atom is -0.271 e. The summed E-state index contributed by atoms with van der Waals surface area (Å²) in [6.07, 6.45) is 3.63. The Morgan fingerprint density at radius 2 is 1.95 bits per heavy atom. The van der Waals surface area contributed by atoms with E-state index in [9.17, 15) is 0 Å². The van der Waals surface area contributed by atoms with Crippen molar-refractivity contribution in [2.24, 2.45) is 5.84 Å². The van der Waals surface area contributed by atoms with E-state index < -0.39 is 0 Å². The highest BCUT2D eigenvalue weighted by atomic mass is 15.2. The van der Waals surface area contributed by atoms with Crippen LogP contribution in [0.3, 0.4) is 0 Å². The molecule has 110 valence electrons. The lowest BCUT2D eigenvalue weighted by Gasteiger charge is -2.33. The highest BCUT2D eigenvalue weighted by Crippen LogP contribution is 2.40. The maximum Gasteiger partial charge on any atom is 0.0531 e. The molecule has 0 spiro atoms. The van der Waals surface area contributed by atoms with Crippen LogP contribution in [0.1, 0.15) is 52.6 Å². The first kappa shape index (κ1) is 14.3. The Kier molecular flexibility index (Phi) is 4.09. The maximum atomic E-state index is 5.95. The molecular formula is C19H24N2. The molecule has 1 aliphatic carbocycles. The van der Waals surface area contributed by atoms with Gasteiger partial charge in [-0.05, 0) is 55.4 Å². The summed E-state index contributed by atoms with van der Waals surface area (Å²) in [6, 6.07) is 15.7. The summed E-state index contributed by atoms with van der Waals surface area (Å²) in [4.78, 5) is 0. The fourth-order valence-electron chi connectivity index (χ4n) is 3.74. The van der Waals surface area contributed by atoms with E-state index in [0.717, 1.165) is 0 Å². The zero-order chi connectivity index (χ0) is 14.8. The second kappa shape index (κ2) is 6.00. The number of aryl methyl sites for hydroxylation is 3. The molecule has 1 aliphatic rings. The van der Waals surface area contributed by atoms with Crippen LogP contribution in [0.15, 0.2) is 42.5 Å². The van der Waals surface area contributed by atoms with Crippen LogP contribution >= 0.6 is 0 Å². The van der Waals surface area contributed by atoms with Gasteiger partial charge >= 0.3 is 0 Å². The second-order valence-electron chi connectivity index (χ2n) is 6.20. The smallest absolute Gasteiger partial charge is 0.0531 e. The average molecular weight is 280 g/mol. The molecule has 2 unspecified atom stereocenters. The van der Waals surface area contributed by atoms with Crippen molar-refractivity contribution in [1.82, 2.24) is 5.43 Å². The highest BCUT2D eigenvalue weighted by molar-refractivity contribution is 5.39. The van der Waals surface area contributed by atoms with Gasteiger partial charge in [0, 0.05) is 5.92 Å². The van der Waals surface area contributed by atoms with Gasteiger partial charge in [-0.25, -0.2) is 0 Å². The molecule has 0 amide bonds. The number of nitrogens with two attached hydrogens (primary N) is 1. The van der Waals surface area contributed by atoms with E-state index in [1.807, 2.05) is 0 Å². The van der Waals surface area contributed by atoms with Crippen LogP contribution in [0.5, 0.6) is 0 Å². The zero-order valence-corrected chi connectivity index (χ0v) is 12.9. The molecule has 2 nitrogen and oxygen atoms in total. The molecule has 3 rings (SSSR count). The van der Waals surface area contributed by atoms with E-state index in [0.29, 0.717) is 5.92 Å². The van der Waals surface area contributed by atoms with E-state index in [1.165, 1.54) is 47.1 Å². The van der Waals surface area contributed by atoms with Crippen molar-refractivity contribution in [3.63, 3.8) is 0 Å². The van der Waals surface area contributed by atoms with Gasteiger partial charge in [-0.3, -0.25) is 11.3 Å². The Labute approximate surface area is 127 Å². The Morgan fingerprint density at radius 1 is 1.14 bits per heavy atom. The predicted octanol–water partition coefficient (Wildman–Crippen LogP) is 3.93. The average Bonchev–Trinajstić information content (AvgIpc) is 2.50. The summed E-state index contributed by atoms with van der Waals surface area (Å²) < 4.78 is 0. The summed E-state index contributed by atoms with van der Waals surface area (Å²) in [5, 5.41) is 0. The van der Waals surface area contributed by atoms with Crippen LogP contribution < -0.4 is 11.3 Å². The van der Waals surface area contributed by atoms with Gasteiger partial charge < -0.3 is 0 Å². The molecule has 21 heavy (non-hydrogen) atoms. The Hall–Kier alpha value is -1.64. The zero-order valence-electron chi connectivity index (χ0n) is 12.9. The molecule has 2 atom stereocenters. The first-order valence-corrected chi connectivity index (χ1v) is 7.82. The second-order valence-corrected chi connectivity index (χ2v) is 6.20. The molecule has 2 heteroatoms. The van der Waals surface area contributed by atoms with Crippen molar-refractivity contribution < 1.29 is 0 Å². The van der Waals surface area contributed by atoms with E-state index >= 15 is 0 Å². The minimum atomic E-state index is 0.187. The summed E-state index contributed by atoms with van der Waals surface area (Å²) in [5.74, 6) is 6.41. The van der Waals surface area contributed by atoms with Crippen molar-refractivity contribution in [1.29, 1.82) is 0 Å². The van der Waals surface area contributed by atoms with Gasteiger partial charge in [0.2, 0.25) is 0 Å². The summed E-state index contributed by atoms with van der Waals surface area (Å²) >= 11 is 0. The Balaban J connectivity index is 2.01. The van der Waals surface area contributed by atoms with Crippen LogP contribution in [0, 0.1) is 13.8 Å². The lowest BCUT2D eigenvalue weighted by molar-refractivity contribution is 0.407. The van der Waals surface area contributed by atoms with Gasteiger partial charge in [-0.15, -0.1) is 0 Å². The first-order chi connectivity index (χ1) is 10.2. The fourth-order valence-corrected chi connectivity index (χ4v) is 3.74. The highest BCUT2D eigenvalue weighted by Gasteiger charge is 2.28. The van der Waals surface area contributed by atoms with Gasteiger partial charge in [-0.1, -0.05) is 48.0 Å². The molecule has 0 radical (unpaired) electrons. The van der Waals surface area contributed by atoms with E-state index in [1.54, 1.807) is 0 Å². The largest absolute Gasteiger partial charge is 0.271 e. The lowest BCUT2D eigenvalue weighted by atomic mass is 9.76. The van der Waals surface area contributed by atoms with Crippen LogP contribution in [-0.2, 0) is 6.42 Å². The molecule has 3 N–H and O–H groups in total. The minimum absolute atomic E-state index is 0.187. The number of fused-ring (bicyclic) bond motifs is 1. The third-order valence-corrected chi connectivity index (χ3v) is 4.76. The molecule has 0 bridgehead atoms. The Bertz CT molecular complexity index is 633. The molecule has 0 heterocycles. The first-order valence-electron chi connectivity index (χ1n) is 7.82. The van der Waals surface area contributed by atoms with Gasteiger partial charge in [0.25, 0.3) is 0 Å². The van der Waals surface area contributed by atoms with Crippen LogP contribution in [-0.4, -0.2) is 0 Å². The van der Waals surface area contributed by atoms with Gasteiger partial charge in [0.15, 0.2) is 0 Å². The van der Waals surface area contributed by atoms with Crippen LogP contribution in [0.2, 0.25) is 0 Å². The predicted molar refractivity (Wildman–Crippen MR) is 88.1 cm³/mol. The molecule has 0 saturated carbocycles. The monoisotopic (exact) mass is 280 g/mol. The summed E-state index contributed by atoms with van der Waals surface area (Å²) in [7, 11) is 0. The van der Waals surface area contributed by atoms with Crippen molar-refractivity contribution in [3.05, 3.63) is 70.3 Å². The third kappa shape index (κ3) is 2.74. The molecule has 0 saturated heterocycles. The van der Waals surface area contributed by atoms with E-state index in [4.69, 9.17) is 5.84 Å². The Morgan fingerprint density at radius 3 is 2.71 bits per heavy atom. The quantitative estimate of drug-likeness (QED) is 0.660.